The minimum atomic E-state index is -0.283. The SMILES string of the molecule is CCc1nnc(-c2cccc(NC(=O)c3n[nH]c4ccccc34)c2)o1. The number of fused-ring (bicyclic) bond motifs is 1. The van der Waals surface area contributed by atoms with E-state index < -0.39 is 0 Å². The van der Waals surface area contributed by atoms with Crippen molar-refractivity contribution in [3.05, 3.63) is 60.1 Å². The van der Waals surface area contributed by atoms with Crippen LogP contribution in [-0.4, -0.2) is 26.3 Å². The molecule has 0 aliphatic heterocycles. The molecule has 7 nitrogen and oxygen atoms in total. The monoisotopic (exact) mass is 333 g/mol. The first kappa shape index (κ1) is 15.1. The summed E-state index contributed by atoms with van der Waals surface area (Å²) in [6.45, 7) is 1.95. The zero-order valence-corrected chi connectivity index (χ0v) is 13.5. The quantitative estimate of drug-likeness (QED) is 0.596. The third-order valence-corrected chi connectivity index (χ3v) is 3.82. The number of anilines is 1. The molecule has 0 bridgehead atoms. The highest BCUT2D eigenvalue weighted by molar-refractivity contribution is 6.11. The fraction of sp³-hybridized carbons (Fsp3) is 0.111. The Morgan fingerprint density at radius 3 is 2.88 bits per heavy atom. The molecule has 4 rings (SSSR count). The van der Waals surface area contributed by atoms with Crippen LogP contribution in [0.5, 0.6) is 0 Å². The molecule has 7 heteroatoms. The maximum absolute atomic E-state index is 12.5. The first-order chi connectivity index (χ1) is 12.2. The average Bonchev–Trinajstić information content (AvgIpc) is 3.29. The second kappa shape index (κ2) is 6.20. The molecule has 0 radical (unpaired) electrons. The maximum Gasteiger partial charge on any atom is 0.276 e. The lowest BCUT2D eigenvalue weighted by Crippen LogP contribution is -2.12. The van der Waals surface area contributed by atoms with Crippen molar-refractivity contribution in [1.29, 1.82) is 0 Å². The van der Waals surface area contributed by atoms with Gasteiger partial charge >= 0.3 is 0 Å². The van der Waals surface area contributed by atoms with Gasteiger partial charge in [0, 0.05) is 23.1 Å². The summed E-state index contributed by atoms with van der Waals surface area (Å²) in [7, 11) is 0. The molecule has 0 unspecified atom stereocenters. The molecule has 0 atom stereocenters. The van der Waals surface area contributed by atoms with Crippen molar-refractivity contribution in [3.8, 4) is 11.5 Å². The molecular formula is C18H15N5O2. The van der Waals surface area contributed by atoms with Crippen LogP contribution in [0.2, 0.25) is 0 Å². The van der Waals surface area contributed by atoms with E-state index in [2.05, 4.69) is 25.7 Å². The molecular weight excluding hydrogens is 318 g/mol. The van der Waals surface area contributed by atoms with Crippen molar-refractivity contribution in [2.24, 2.45) is 0 Å². The Bertz CT molecular complexity index is 1050. The number of aromatic nitrogens is 4. The molecule has 0 spiro atoms. The van der Waals surface area contributed by atoms with Gasteiger partial charge in [0.2, 0.25) is 11.8 Å². The topological polar surface area (TPSA) is 96.7 Å². The van der Waals surface area contributed by atoms with Gasteiger partial charge in [0.1, 0.15) is 0 Å². The Hall–Kier alpha value is -3.48. The van der Waals surface area contributed by atoms with Gasteiger partial charge in [0.05, 0.1) is 5.52 Å². The summed E-state index contributed by atoms with van der Waals surface area (Å²) in [6.07, 6.45) is 0.676. The molecule has 25 heavy (non-hydrogen) atoms. The fourth-order valence-electron chi connectivity index (χ4n) is 2.57. The van der Waals surface area contributed by atoms with Gasteiger partial charge in [-0.05, 0) is 24.3 Å². The lowest BCUT2D eigenvalue weighted by Gasteiger charge is -2.04. The van der Waals surface area contributed by atoms with Gasteiger partial charge < -0.3 is 9.73 Å². The summed E-state index contributed by atoms with van der Waals surface area (Å²) >= 11 is 0. The number of nitrogens with zero attached hydrogens (tertiary/aromatic N) is 3. The number of carbonyl (C=O) groups excluding carboxylic acids is 1. The number of carbonyl (C=O) groups is 1. The molecule has 0 aliphatic rings. The van der Waals surface area contributed by atoms with Gasteiger partial charge in [-0.2, -0.15) is 5.10 Å². The summed E-state index contributed by atoms with van der Waals surface area (Å²) in [6, 6.07) is 14.8. The summed E-state index contributed by atoms with van der Waals surface area (Å²) in [5.74, 6) is 0.722. The van der Waals surface area contributed by atoms with Crippen LogP contribution in [-0.2, 0) is 6.42 Å². The largest absolute Gasteiger partial charge is 0.421 e. The first-order valence-corrected chi connectivity index (χ1v) is 7.92. The second-order valence-corrected chi connectivity index (χ2v) is 5.51. The van der Waals surface area contributed by atoms with Crippen molar-refractivity contribution in [3.63, 3.8) is 0 Å². The van der Waals surface area contributed by atoms with Crippen molar-refractivity contribution >= 4 is 22.5 Å². The summed E-state index contributed by atoms with van der Waals surface area (Å²) in [5, 5.41) is 18.6. The fourth-order valence-corrected chi connectivity index (χ4v) is 2.57. The Balaban J connectivity index is 1.60. The standard InChI is InChI=1S/C18H15N5O2/c1-2-15-21-23-18(25-15)11-6-5-7-12(10-11)19-17(24)16-13-8-3-4-9-14(13)20-22-16/h3-10H,2H2,1H3,(H,19,24)(H,20,22). The number of amides is 1. The van der Waals surface area contributed by atoms with Gasteiger partial charge in [-0.3, -0.25) is 9.89 Å². The van der Waals surface area contributed by atoms with Gasteiger partial charge in [-0.25, -0.2) is 0 Å². The van der Waals surface area contributed by atoms with Crippen LogP contribution in [0.3, 0.4) is 0 Å². The summed E-state index contributed by atoms with van der Waals surface area (Å²) in [4.78, 5) is 12.5. The van der Waals surface area contributed by atoms with Crippen LogP contribution >= 0.6 is 0 Å². The lowest BCUT2D eigenvalue weighted by atomic mass is 10.2. The molecule has 0 saturated heterocycles. The number of hydrogen-bond acceptors (Lipinski definition) is 5. The van der Waals surface area contributed by atoms with Crippen LogP contribution in [0.15, 0.2) is 52.9 Å². The molecule has 2 aromatic carbocycles. The normalized spacial score (nSPS) is 10.9. The molecule has 0 aliphatic carbocycles. The van der Waals surface area contributed by atoms with E-state index in [4.69, 9.17) is 4.42 Å². The van der Waals surface area contributed by atoms with E-state index in [-0.39, 0.29) is 5.91 Å². The van der Waals surface area contributed by atoms with Crippen molar-refractivity contribution in [2.75, 3.05) is 5.32 Å². The Morgan fingerprint density at radius 2 is 2.04 bits per heavy atom. The van der Waals surface area contributed by atoms with Gasteiger partial charge in [-0.15, -0.1) is 10.2 Å². The highest BCUT2D eigenvalue weighted by atomic mass is 16.4. The number of benzene rings is 2. The number of aryl methyl sites for hydroxylation is 1. The third kappa shape index (κ3) is 2.87. The van der Waals surface area contributed by atoms with Gasteiger partial charge in [0.25, 0.3) is 5.91 Å². The number of aromatic amines is 1. The second-order valence-electron chi connectivity index (χ2n) is 5.51. The minimum Gasteiger partial charge on any atom is -0.421 e. The third-order valence-electron chi connectivity index (χ3n) is 3.82. The van der Waals surface area contributed by atoms with Crippen molar-refractivity contribution in [1.82, 2.24) is 20.4 Å². The lowest BCUT2D eigenvalue weighted by molar-refractivity contribution is 0.102. The predicted molar refractivity (Wildman–Crippen MR) is 93.2 cm³/mol. The first-order valence-electron chi connectivity index (χ1n) is 7.92. The maximum atomic E-state index is 12.5. The summed E-state index contributed by atoms with van der Waals surface area (Å²) in [5.41, 5.74) is 2.55. The molecule has 2 heterocycles. The number of H-pyrrole nitrogens is 1. The van der Waals surface area contributed by atoms with Crippen LogP contribution in [0.1, 0.15) is 23.3 Å². The molecule has 2 N–H and O–H groups in total. The molecule has 0 saturated carbocycles. The number of hydrogen-bond donors (Lipinski definition) is 2. The van der Waals surface area contributed by atoms with Gasteiger partial charge in [0.15, 0.2) is 5.69 Å². The molecule has 0 fully saturated rings. The van der Waals surface area contributed by atoms with E-state index in [9.17, 15) is 4.79 Å². The van der Waals surface area contributed by atoms with Crippen molar-refractivity contribution in [2.45, 2.75) is 13.3 Å². The van der Waals surface area contributed by atoms with E-state index in [0.717, 1.165) is 16.5 Å². The minimum absolute atomic E-state index is 0.283. The van der Waals surface area contributed by atoms with E-state index in [1.807, 2.05) is 43.3 Å². The van der Waals surface area contributed by atoms with Crippen LogP contribution in [0.4, 0.5) is 5.69 Å². The highest BCUT2D eigenvalue weighted by Crippen LogP contribution is 2.23. The number of nitrogens with one attached hydrogen (secondary N) is 2. The Kier molecular flexibility index (Phi) is 3.74. The molecule has 4 aromatic rings. The predicted octanol–water partition coefficient (Wildman–Crippen LogP) is 3.43. The van der Waals surface area contributed by atoms with E-state index in [1.165, 1.54) is 0 Å². The van der Waals surface area contributed by atoms with Crippen molar-refractivity contribution < 1.29 is 9.21 Å². The van der Waals surface area contributed by atoms with Crippen LogP contribution in [0.25, 0.3) is 22.4 Å². The average molecular weight is 333 g/mol. The zero-order chi connectivity index (χ0) is 17.2. The number of rotatable bonds is 4. The highest BCUT2D eigenvalue weighted by Gasteiger charge is 2.15. The van der Waals surface area contributed by atoms with E-state index >= 15 is 0 Å². The Morgan fingerprint density at radius 1 is 1.16 bits per heavy atom. The molecule has 124 valence electrons. The zero-order valence-electron chi connectivity index (χ0n) is 13.5. The molecule has 2 aromatic heterocycles. The smallest absolute Gasteiger partial charge is 0.276 e. The van der Waals surface area contributed by atoms with Crippen LogP contribution < -0.4 is 5.32 Å². The van der Waals surface area contributed by atoms with Gasteiger partial charge in [-0.1, -0.05) is 31.2 Å². The Labute approximate surface area is 143 Å². The van der Waals surface area contributed by atoms with E-state index in [0.29, 0.717) is 29.6 Å². The molecule has 1 amide bonds. The van der Waals surface area contributed by atoms with E-state index in [1.54, 1.807) is 12.1 Å². The summed E-state index contributed by atoms with van der Waals surface area (Å²) < 4.78 is 5.56. The van der Waals surface area contributed by atoms with Crippen LogP contribution in [0, 0.1) is 0 Å². The number of para-hydroxylation sites is 1.